The number of hydrogen-bond acceptors (Lipinski definition) is 3. The lowest BCUT2D eigenvalue weighted by Crippen LogP contribution is -2.20. The fraction of sp³-hybridized carbons (Fsp3) is 0.333. The summed E-state index contributed by atoms with van der Waals surface area (Å²) in [5, 5.41) is 4.65. The van der Waals surface area contributed by atoms with Gasteiger partial charge in [-0.15, -0.1) is 0 Å². The van der Waals surface area contributed by atoms with Crippen molar-refractivity contribution >= 4 is 29.1 Å². The number of hydrogen-bond donors (Lipinski definition) is 1. The van der Waals surface area contributed by atoms with Gasteiger partial charge < -0.3 is 5.32 Å². The van der Waals surface area contributed by atoms with Gasteiger partial charge in [0.2, 0.25) is 5.91 Å². The van der Waals surface area contributed by atoms with Gasteiger partial charge in [0.1, 0.15) is 5.82 Å². The molecule has 2 heterocycles. The molecule has 1 saturated carbocycles. The lowest BCUT2D eigenvalue weighted by atomic mass is 10.0. The quantitative estimate of drug-likeness (QED) is 0.545. The molecule has 0 spiro atoms. The lowest BCUT2D eigenvalue weighted by molar-refractivity contribution is 0.0883. The minimum atomic E-state index is 0.137. The number of carbonyl (C=O) groups is 1. The largest absolute Gasteiger partial charge is 0.316 e. The Bertz CT molecular complexity index is 1110. The van der Waals surface area contributed by atoms with Crippen molar-refractivity contribution in [3.63, 3.8) is 0 Å². The molecule has 30 heavy (non-hydrogen) atoms. The van der Waals surface area contributed by atoms with E-state index in [1.165, 1.54) is 0 Å². The average molecular weight is 440 g/mol. The van der Waals surface area contributed by atoms with Crippen molar-refractivity contribution in [1.29, 1.82) is 0 Å². The molecule has 0 bridgehead atoms. The summed E-state index contributed by atoms with van der Waals surface area (Å²) in [6, 6.07) is 13.6. The summed E-state index contributed by atoms with van der Waals surface area (Å²) in [6.07, 6.45) is 3.00. The summed E-state index contributed by atoms with van der Waals surface area (Å²) >= 11 is 12.4. The maximum Gasteiger partial charge on any atom is 0.235 e. The zero-order valence-corrected chi connectivity index (χ0v) is 18.3. The summed E-state index contributed by atoms with van der Waals surface area (Å²) in [5.41, 5.74) is 4.91. The van der Waals surface area contributed by atoms with E-state index in [4.69, 9.17) is 28.2 Å². The molecular weight excluding hydrogens is 417 g/mol. The molecule has 154 valence electrons. The third-order valence-electron chi connectivity index (χ3n) is 6.08. The van der Waals surface area contributed by atoms with Crippen LogP contribution < -0.4 is 5.32 Å². The van der Waals surface area contributed by atoms with Crippen molar-refractivity contribution < 1.29 is 4.79 Å². The van der Waals surface area contributed by atoms with E-state index in [1.54, 1.807) is 6.07 Å². The van der Waals surface area contributed by atoms with Crippen LogP contribution in [-0.2, 0) is 0 Å². The molecule has 1 aromatic heterocycles. The number of aryl methyl sites for hydroxylation is 1. The van der Waals surface area contributed by atoms with Crippen LogP contribution in [0, 0.1) is 12.8 Å². The van der Waals surface area contributed by atoms with E-state index in [0.29, 0.717) is 16.0 Å². The normalized spacial score (nSPS) is 18.7. The van der Waals surface area contributed by atoms with Crippen LogP contribution in [0.5, 0.6) is 0 Å². The number of halogens is 2. The van der Waals surface area contributed by atoms with Gasteiger partial charge in [0.15, 0.2) is 0 Å². The van der Waals surface area contributed by atoms with Gasteiger partial charge in [0.25, 0.3) is 0 Å². The van der Waals surface area contributed by atoms with Crippen molar-refractivity contribution in [2.45, 2.75) is 32.1 Å². The van der Waals surface area contributed by atoms with Crippen molar-refractivity contribution in [3.8, 4) is 22.5 Å². The minimum absolute atomic E-state index is 0.137. The molecule has 4 nitrogen and oxygen atoms in total. The van der Waals surface area contributed by atoms with Crippen LogP contribution in [-0.4, -0.2) is 28.5 Å². The van der Waals surface area contributed by atoms with Crippen LogP contribution in [0.3, 0.4) is 0 Å². The van der Waals surface area contributed by atoms with E-state index in [-0.39, 0.29) is 11.8 Å². The second kappa shape index (κ2) is 7.84. The fourth-order valence-corrected chi connectivity index (χ4v) is 4.88. The highest BCUT2D eigenvalue weighted by molar-refractivity contribution is 6.36. The first kappa shape index (κ1) is 19.8. The third kappa shape index (κ3) is 3.58. The van der Waals surface area contributed by atoms with E-state index < -0.39 is 0 Å². The highest BCUT2D eigenvalue weighted by Crippen LogP contribution is 2.37. The highest BCUT2D eigenvalue weighted by atomic mass is 35.5. The molecule has 2 fully saturated rings. The van der Waals surface area contributed by atoms with Crippen molar-refractivity contribution in [2.75, 3.05) is 13.1 Å². The fourth-order valence-electron chi connectivity index (χ4n) is 4.36. The molecule has 2 aliphatic rings. The first-order valence-electron chi connectivity index (χ1n) is 10.4. The molecule has 2 aromatic carbocycles. The van der Waals surface area contributed by atoms with Gasteiger partial charge in [0.05, 0.1) is 11.4 Å². The summed E-state index contributed by atoms with van der Waals surface area (Å²) < 4.78 is 1.91. The van der Waals surface area contributed by atoms with Gasteiger partial charge in [-0.1, -0.05) is 53.5 Å². The Morgan fingerprint density at radius 1 is 1.07 bits per heavy atom. The minimum Gasteiger partial charge on any atom is -0.316 e. The zero-order chi connectivity index (χ0) is 20.8. The predicted octanol–water partition coefficient (Wildman–Crippen LogP) is 5.96. The van der Waals surface area contributed by atoms with Crippen LogP contribution in [0.1, 0.15) is 41.4 Å². The Morgan fingerprint density at radius 3 is 2.43 bits per heavy atom. The van der Waals surface area contributed by atoms with Crippen molar-refractivity contribution in [3.05, 3.63) is 63.9 Å². The van der Waals surface area contributed by atoms with E-state index in [0.717, 1.165) is 66.3 Å². The van der Waals surface area contributed by atoms with Gasteiger partial charge in [-0.3, -0.25) is 9.36 Å². The number of carbonyl (C=O) groups excluding carboxylic acids is 1. The lowest BCUT2D eigenvalue weighted by Gasteiger charge is -2.15. The van der Waals surface area contributed by atoms with Gasteiger partial charge in [-0.05, 0) is 50.4 Å². The Hall–Kier alpha value is -2.14. The molecular formula is C24H23Cl2N3O. The number of rotatable bonds is 4. The monoisotopic (exact) mass is 439 g/mol. The molecule has 5 rings (SSSR count). The standard InChI is InChI=1S/C24H23Cl2N3O/c1-14-22(18-10-11-27-13-18)29(24(30)17-6-7-17)23(28-14)16-4-2-15(3-5-16)20-9-8-19(25)12-21(20)26/h2-5,8-9,12,17-18,27H,6-7,10-11,13H2,1H3. The van der Waals surface area contributed by atoms with Crippen molar-refractivity contribution in [2.24, 2.45) is 5.92 Å². The molecule has 1 saturated heterocycles. The number of benzene rings is 2. The van der Waals surface area contributed by atoms with Crippen LogP contribution in [0.4, 0.5) is 0 Å². The second-order valence-corrected chi connectivity index (χ2v) is 9.09. The maximum absolute atomic E-state index is 13.2. The van der Waals surface area contributed by atoms with E-state index in [9.17, 15) is 4.79 Å². The molecule has 0 amide bonds. The Morgan fingerprint density at radius 2 is 1.80 bits per heavy atom. The summed E-state index contributed by atoms with van der Waals surface area (Å²) in [4.78, 5) is 18.1. The van der Waals surface area contributed by atoms with E-state index >= 15 is 0 Å². The smallest absolute Gasteiger partial charge is 0.235 e. The predicted molar refractivity (Wildman–Crippen MR) is 121 cm³/mol. The zero-order valence-electron chi connectivity index (χ0n) is 16.8. The first-order valence-corrected chi connectivity index (χ1v) is 11.2. The molecule has 1 atom stereocenters. The van der Waals surface area contributed by atoms with Crippen molar-refractivity contribution in [1.82, 2.24) is 14.9 Å². The van der Waals surface area contributed by atoms with Gasteiger partial charge in [-0.25, -0.2) is 4.98 Å². The van der Waals surface area contributed by atoms with Crippen LogP contribution in [0.2, 0.25) is 10.0 Å². The molecule has 6 heteroatoms. The van der Waals surface area contributed by atoms with E-state index in [2.05, 4.69) is 5.32 Å². The molecule has 1 unspecified atom stereocenters. The molecule has 1 aliphatic heterocycles. The number of aromatic nitrogens is 2. The SMILES string of the molecule is Cc1nc(-c2ccc(-c3ccc(Cl)cc3Cl)cc2)n(C(=O)C2CC2)c1C1CCNC1. The van der Waals surface area contributed by atoms with Crippen LogP contribution in [0.15, 0.2) is 42.5 Å². The third-order valence-corrected chi connectivity index (χ3v) is 6.62. The topological polar surface area (TPSA) is 46.9 Å². The Labute approximate surface area is 186 Å². The summed E-state index contributed by atoms with van der Waals surface area (Å²) in [6.45, 7) is 3.91. The van der Waals surface area contributed by atoms with E-state index in [1.807, 2.05) is 47.9 Å². The van der Waals surface area contributed by atoms with Gasteiger partial charge in [-0.2, -0.15) is 0 Å². The van der Waals surface area contributed by atoms with Crippen LogP contribution in [0.25, 0.3) is 22.5 Å². The molecule has 3 aromatic rings. The first-order chi connectivity index (χ1) is 14.5. The highest BCUT2D eigenvalue weighted by Gasteiger charge is 2.36. The molecule has 1 aliphatic carbocycles. The maximum atomic E-state index is 13.2. The van der Waals surface area contributed by atoms with Crippen LogP contribution >= 0.6 is 23.2 Å². The second-order valence-electron chi connectivity index (χ2n) is 8.25. The molecule has 1 N–H and O–H groups in total. The number of nitrogens with zero attached hydrogens (tertiary/aromatic N) is 2. The van der Waals surface area contributed by atoms with Gasteiger partial charge in [0, 0.05) is 39.6 Å². The summed E-state index contributed by atoms with van der Waals surface area (Å²) in [7, 11) is 0. The Balaban J connectivity index is 1.56. The van der Waals surface area contributed by atoms with Gasteiger partial charge >= 0.3 is 0 Å². The summed E-state index contributed by atoms with van der Waals surface area (Å²) in [5.74, 6) is 1.41. The molecule has 0 radical (unpaired) electrons. The number of imidazole rings is 1. The average Bonchev–Trinajstić information content (AvgIpc) is 3.34. The Kier molecular flexibility index (Phi) is 5.18. The number of nitrogens with one attached hydrogen (secondary N) is 1.